The highest BCUT2D eigenvalue weighted by molar-refractivity contribution is 7.89. The summed E-state index contributed by atoms with van der Waals surface area (Å²) in [5.41, 5.74) is 2.00. The molecule has 0 spiro atoms. The van der Waals surface area contributed by atoms with E-state index in [1.165, 1.54) is 0 Å². The van der Waals surface area contributed by atoms with Gasteiger partial charge in [-0.3, -0.25) is 0 Å². The van der Waals surface area contributed by atoms with Crippen molar-refractivity contribution in [2.24, 2.45) is 0 Å². The van der Waals surface area contributed by atoms with Gasteiger partial charge >= 0.3 is 0 Å². The van der Waals surface area contributed by atoms with E-state index in [1.807, 2.05) is 48.6 Å². The highest BCUT2D eigenvalue weighted by Crippen LogP contribution is 2.21. The van der Waals surface area contributed by atoms with Crippen LogP contribution >= 0.6 is 11.6 Å². The maximum atomic E-state index is 12.5. The third-order valence-corrected chi connectivity index (χ3v) is 6.09. The van der Waals surface area contributed by atoms with Crippen LogP contribution in [0.4, 0.5) is 0 Å². The lowest BCUT2D eigenvalue weighted by atomic mass is 10.1. The van der Waals surface area contributed by atoms with Crippen molar-refractivity contribution in [1.82, 2.24) is 4.31 Å². The molecule has 23 heavy (non-hydrogen) atoms. The maximum absolute atomic E-state index is 12.5. The summed E-state index contributed by atoms with van der Waals surface area (Å²) in [7, 11) is -3.33. The summed E-state index contributed by atoms with van der Waals surface area (Å²) in [4.78, 5) is 0.364. The molecule has 0 unspecified atom stereocenters. The van der Waals surface area contributed by atoms with Crippen LogP contribution in [0.2, 0.25) is 5.02 Å². The first kappa shape index (κ1) is 16.2. The summed E-state index contributed by atoms with van der Waals surface area (Å²) in [5.74, 6) is 0. The molecule has 120 valence electrons. The molecule has 3 nitrogen and oxygen atoms in total. The SMILES string of the molecule is O=S(=O)(c1ccc(C=Cc2ccc(Cl)cc2)cc1)N1CCCC1. The van der Waals surface area contributed by atoms with Gasteiger partial charge < -0.3 is 0 Å². The minimum atomic E-state index is -3.33. The fourth-order valence-electron chi connectivity index (χ4n) is 2.59. The molecule has 2 aromatic carbocycles. The molecule has 1 saturated heterocycles. The van der Waals surface area contributed by atoms with E-state index in [0.717, 1.165) is 24.0 Å². The molecule has 0 saturated carbocycles. The third kappa shape index (κ3) is 3.83. The lowest BCUT2D eigenvalue weighted by Crippen LogP contribution is -2.27. The van der Waals surface area contributed by atoms with Gasteiger partial charge in [-0.05, 0) is 48.2 Å². The molecule has 0 atom stereocenters. The molecule has 2 aromatic rings. The van der Waals surface area contributed by atoms with Crippen LogP contribution < -0.4 is 0 Å². The van der Waals surface area contributed by atoms with Crippen LogP contribution in [0.1, 0.15) is 24.0 Å². The Morgan fingerprint density at radius 2 is 1.30 bits per heavy atom. The summed E-state index contributed by atoms with van der Waals surface area (Å²) in [6.45, 7) is 1.25. The molecule has 0 aromatic heterocycles. The topological polar surface area (TPSA) is 37.4 Å². The number of sulfonamides is 1. The normalized spacial score (nSPS) is 16.2. The molecule has 1 aliphatic heterocycles. The number of rotatable bonds is 4. The number of nitrogens with zero attached hydrogens (tertiary/aromatic N) is 1. The predicted octanol–water partition coefficient (Wildman–Crippen LogP) is 4.29. The van der Waals surface area contributed by atoms with Crippen molar-refractivity contribution >= 4 is 33.8 Å². The summed E-state index contributed by atoms with van der Waals surface area (Å²) in [6, 6.07) is 14.6. The third-order valence-electron chi connectivity index (χ3n) is 3.92. The van der Waals surface area contributed by atoms with Gasteiger partial charge in [0.25, 0.3) is 0 Å². The Morgan fingerprint density at radius 1 is 0.826 bits per heavy atom. The van der Waals surface area contributed by atoms with Crippen molar-refractivity contribution in [3.63, 3.8) is 0 Å². The largest absolute Gasteiger partial charge is 0.243 e. The average molecular weight is 348 g/mol. The van der Waals surface area contributed by atoms with Crippen LogP contribution in [0.5, 0.6) is 0 Å². The molecule has 1 heterocycles. The van der Waals surface area contributed by atoms with Crippen molar-refractivity contribution in [2.45, 2.75) is 17.7 Å². The van der Waals surface area contributed by atoms with E-state index >= 15 is 0 Å². The first-order valence-electron chi connectivity index (χ1n) is 7.59. The Morgan fingerprint density at radius 3 is 1.83 bits per heavy atom. The standard InChI is InChI=1S/C18H18ClNO2S/c19-17-9-5-15(6-10-17)3-4-16-7-11-18(12-8-16)23(21,22)20-13-1-2-14-20/h3-12H,1-2,13-14H2. The zero-order valence-electron chi connectivity index (χ0n) is 12.7. The summed E-state index contributed by atoms with van der Waals surface area (Å²) >= 11 is 5.86. The minimum Gasteiger partial charge on any atom is -0.207 e. The molecule has 0 aliphatic carbocycles. The van der Waals surface area contributed by atoms with Gasteiger partial charge in [-0.2, -0.15) is 4.31 Å². The van der Waals surface area contributed by atoms with E-state index < -0.39 is 10.0 Å². The van der Waals surface area contributed by atoms with E-state index in [2.05, 4.69) is 0 Å². The van der Waals surface area contributed by atoms with Crippen LogP contribution in [0.3, 0.4) is 0 Å². The number of benzene rings is 2. The van der Waals surface area contributed by atoms with Gasteiger partial charge in [0.15, 0.2) is 0 Å². The monoisotopic (exact) mass is 347 g/mol. The lowest BCUT2D eigenvalue weighted by Gasteiger charge is -2.15. The lowest BCUT2D eigenvalue weighted by molar-refractivity contribution is 0.477. The van der Waals surface area contributed by atoms with Crippen LogP contribution in [0.15, 0.2) is 53.4 Å². The Kier molecular flexibility index (Phi) is 4.85. The van der Waals surface area contributed by atoms with E-state index in [0.29, 0.717) is 23.0 Å². The molecule has 1 aliphatic rings. The van der Waals surface area contributed by atoms with E-state index in [1.54, 1.807) is 16.4 Å². The van der Waals surface area contributed by atoms with Gasteiger partial charge in [0.2, 0.25) is 10.0 Å². The zero-order chi connectivity index (χ0) is 16.3. The fourth-order valence-corrected chi connectivity index (χ4v) is 4.24. The van der Waals surface area contributed by atoms with Gasteiger partial charge in [0.05, 0.1) is 4.90 Å². The number of hydrogen-bond donors (Lipinski definition) is 0. The average Bonchev–Trinajstić information content (AvgIpc) is 3.10. The van der Waals surface area contributed by atoms with Crippen LogP contribution in [-0.2, 0) is 10.0 Å². The van der Waals surface area contributed by atoms with E-state index in [9.17, 15) is 8.42 Å². The van der Waals surface area contributed by atoms with Crippen molar-refractivity contribution < 1.29 is 8.42 Å². The van der Waals surface area contributed by atoms with Gasteiger partial charge in [-0.1, -0.05) is 48.0 Å². The summed E-state index contributed by atoms with van der Waals surface area (Å²) in [5, 5.41) is 0.707. The Labute approximate surface area is 142 Å². The van der Waals surface area contributed by atoms with Crippen molar-refractivity contribution in [3.05, 3.63) is 64.7 Å². The molecule has 5 heteroatoms. The van der Waals surface area contributed by atoms with Gasteiger partial charge in [-0.15, -0.1) is 0 Å². The molecule has 1 fully saturated rings. The van der Waals surface area contributed by atoms with Crippen molar-refractivity contribution in [3.8, 4) is 0 Å². The number of hydrogen-bond acceptors (Lipinski definition) is 2. The predicted molar refractivity (Wildman–Crippen MR) is 94.8 cm³/mol. The van der Waals surface area contributed by atoms with Crippen LogP contribution in [-0.4, -0.2) is 25.8 Å². The van der Waals surface area contributed by atoms with E-state index in [4.69, 9.17) is 11.6 Å². The first-order valence-corrected chi connectivity index (χ1v) is 9.41. The highest BCUT2D eigenvalue weighted by atomic mass is 35.5. The molecule has 0 bridgehead atoms. The first-order chi connectivity index (χ1) is 11.1. The second kappa shape index (κ2) is 6.87. The molecule has 3 rings (SSSR count). The van der Waals surface area contributed by atoms with Crippen LogP contribution in [0, 0.1) is 0 Å². The van der Waals surface area contributed by atoms with Crippen LogP contribution in [0.25, 0.3) is 12.2 Å². The Balaban J connectivity index is 1.75. The number of halogens is 1. The minimum absolute atomic E-state index is 0.364. The smallest absolute Gasteiger partial charge is 0.207 e. The molecule has 0 N–H and O–H groups in total. The molecular formula is C18H18ClNO2S. The molecular weight excluding hydrogens is 330 g/mol. The zero-order valence-corrected chi connectivity index (χ0v) is 14.2. The summed E-state index contributed by atoms with van der Waals surface area (Å²) < 4.78 is 26.5. The Hall–Kier alpha value is -1.62. The van der Waals surface area contributed by atoms with Crippen molar-refractivity contribution in [2.75, 3.05) is 13.1 Å². The second-order valence-corrected chi connectivity index (χ2v) is 7.94. The highest BCUT2D eigenvalue weighted by Gasteiger charge is 2.26. The van der Waals surface area contributed by atoms with E-state index in [-0.39, 0.29) is 0 Å². The van der Waals surface area contributed by atoms with Gasteiger partial charge in [-0.25, -0.2) is 8.42 Å². The summed E-state index contributed by atoms with van der Waals surface area (Å²) in [6.07, 6.45) is 5.82. The van der Waals surface area contributed by atoms with Crippen molar-refractivity contribution in [1.29, 1.82) is 0 Å². The quantitative estimate of drug-likeness (QED) is 0.773. The maximum Gasteiger partial charge on any atom is 0.243 e. The molecule has 0 radical (unpaired) electrons. The van der Waals surface area contributed by atoms with Gasteiger partial charge in [0, 0.05) is 18.1 Å². The van der Waals surface area contributed by atoms with Gasteiger partial charge in [0.1, 0.15) is 0 Å². The molecule has 0 amide bonds. The fraction of sp³-hybridized carbons (Fsp3) is 0.222. The second-order valence-electron chi connectivity index (χ2n) is 5.57. The Bertz CT molecular complexity index is 790.